The number of ketones is 1. The summed E-state index contributed by atoms with van der Waals surface area (Å²) in [6.07, 6.45) is -0.628. The summed E-state index contributed by atoms with van der Waals surface area (Å²) in [7, 11) is 0. The minimum absolute atomic E-state index is 0.134. The second-order valence-electron chi connectivity index (χ2n) is 6.80. The van der Waals surface area contributed by atoms with Crippen LogP contribution in [0, 0.1) is 0 Å². The Morgan fingerprint density at radius 2 is 1.76 bits per heavy atom. The number of aromatic nitrogens is 1. The summed E-state index contributed by atoms with van der Waals surface area (Å²) >= 11 is 0. The van der Waals surface area contributed by atoms with Gasteiger partial charge in [0.1, 0.15) is 18.1 Å². The summed E-state index contributed by atoms with van der Waals surface area (Å²) in [5, 5.41) is 0. The predicted molar refractivity (Wildman–Crippen MR) is 104 cm³/mol. The number of pyridine rings is 1. The zero-order valence-corrected chi connectivity index (χ0v) is 16.7. The van der Waals surface area contributed by atoms with E-state index in [-0.39, 0.29) is 12.4 Å². The Bertz CT molecular complexity index is 758. The van der Waals surface area contributed by atoms with E-state index in [0.717, 1.165) is 24.0 Å². The zero-order valence-electron chi connectivity index (χ0n) is 16.7. The van der Waals surface area contributed by atoms with Gasteiger partial charge in [0.15, 0.2) is 6.61 Å². The van der Waals surface area contributed by atoms with Crippen LogP contribution in [0.2, 0.25) is 0 Å². The Kier molecular flexibility index (Phi) is 8.64. The average Bonchev–Trinajstić information content (AvgIpc) is 2.71. The van der Waals surface area contributed by atoms with E-state index in [9.17, 15) is 18.0 Å². The summed E-state index contributed by atoms with van der Waals surface area (Å²) in [6, 6.07) is 10.5. The molecule has 1 unspecified atom stereocenters. The molecule has 0 spiro atoms. The molecule has 0 saturated heterocycles. The van der Waals surface area contributed by atoms with E-state index in [4.69, 9.17) is 9.47 Å². The van der Waals surface area contributed by atoms with Crippen LogP contribution in [-0.2, 0) is 17.6 Å². The smallest absolute Gasteiger partial charge is 0.411 e. The number of carbonyl (C=O) groups is 1. The molecule has 0 radical (unpaired) electrons. The lowest BCUT2D eigenvalue weighted by Crippen LogP contribution is -2.24. The highest BCUT2D eigenvalue weighted by Crippen LogP contribution is 2.20. The third kappa shape index (κ3) is 8.23. The van der Waals surface area contributed by atoms with Crippen molar-refractivity contribution in [3.8, 4) is 5.75 Å². The molecule has 0 bridgehead atoms. The molecule has 158 valence electrons. The third-order valence-corrected chi connectivity index (χ3v) is 4.37. The summed E-state index contributed by atoms with van der Waals surface area (Å²) in [5.41, 5.74) is 2.25. The Hall–Kier alpha value is -2.41. The van der Waals surface area contributed by atoms with Crippen LogP contribution in [0.3, 0.4) is 0 Å². The highest BCUT2D eigenvalue weighted by Gasteiger charge is 2.29. The topological polar surface area (TPSA) is 48.4 Å². The van der Waals surface area contributed by atoms with Crippen molar-refractivity contribution in [3.63, 3.8) is 0 Å². The lowest BCUT2D eigenvalue weighted by molar-refractivity contribution is -0.185. The number of hydrogen-bond acceptors (Lipinski definition) is 4. The summed E-state index contributed by atoms with van der Waals surface area (Å²) in [6.45, 7) is 2.54. The van der Waals surface area contributed by atoms with Gasteiger partial charge in [0.25, 0.3) is 0 Å². The maximum Gasteiger partial charge on any atom is 0.411 e. The van der Waals surface area contributed by atoms with Crippen molar-refractivity contribution < 1.29 is 27.4 Å². The van der Waals surface area contributed by atoms with Crippen molar-refractivity contribution in [1.29, 1.82) is 0 Å². The molecule has 0 amide bonds. The molecule has 7 heteroatoms. The lowest BCUT2D eigenvalue weighted by Gasteiger charge is -2.18. The molecule has 2 aromatic rings. The molecule has 29 heavy (non-hydrogen) atoms. The molecule has 1 heterocycles. The first-order valence-corrected chi connectivity index (χ1v) is 9.69. The third-order valence-electron chi connectivity index (χ3n) is 4.37. The highest BCUT2D eigenvalue weighted by atomic mass is 19.4. The molecule has 1 atom stereocenters. The number of carbonyl (C=O) groups excluding carboxylic acids is 1. The van der Waals surface area contributed by atoms with E-state index in [1.165, 1.54) is 0 Å². The average molecular weight is 409 g/mol. The SMILES string of the molecule is CCCC(Cc1ccc(OCC(=O)c2ccc(CC)cn2)cc1)OCC(F)(F)F. The molecule has 1 aromatic heterocycles. The second-order valence-corrected chi connectivity index (χ2v) is 6.80. The van der Waals surface area contributed by atoms with Gasteiger partial charge in [0.2, 0.25) is 5.78 Å². The summed E-state index contributed by atoms with van der Waals surface area (Å²) < 4.78 is 47.7. The van der Waals surface area contributed by atoms with E-state index in [2.05, 4.69) is 4.98 Å². The van der Waals surface area contributed by atoms with Crippen molar-refractivity contribution in [2.24, 2.45) is 0 Å². The van der Waals surface area contributed by atoms with Crippen LogP contribution in [-0.4, -0.2) is 36.3 Å². The van der Waals surface area contributed by atoms with Gasteiger partial charge in [-0.25, -0.2) is 0 Å². The number of alkyl halides is 3. The lowest BCUT2D eigenvalue weighted by atomic mass is 10.0. The molecular formula is C22H26F3NO3. The van der Waals surface area contributed by atoms with E-state index in [0.29, 0.717) is 24.3 Å². The number of aryl methyl sites for hydroxylation is 1. The van der Waals surface area contributed by atoms with Crippen molar-refractivity contribution in [3.05, 3.63) is 59.4 Å². The normalized spacial score (nSPS) is 12.6. The van der Waals surface area contributed by atoms with Crippen LogP contribution in [0.25, 0.3) is 0 Å². The molecule has 0 fully saturated rings. The second kappa shape index (κ2) is 11.0. The molecule has 2 rings (SSSR count). The van der Waals surface area contributed by atoms with Crippen molar-refractivity contribution >= 4 is 5.78 Å². The van der Waals surface area contributed by atoms with Crippen LogP contribution in [0.4, 0.5) is 13.2 Å². The van der Waals surface area contributed by atoms with Crippen molar-refractivity contribution in [1.82, 2.24) is 4.98 Å². The Balaban J connectivity index is 1.87. The fraction of sp³-hybridized carbons (Fsp3) is 0.455. The molecular weight excluding hydrogens is 383 g/mol. The van der Waals surface area contributed by atoms with Gasteiger partial charge in [-0.1, -0.05) is 38.5 Å². The van der Waals surface area contributed by atoms with Gasteiger partial charge >= 0.3 is 6.18 Å². The number of Topliss-reactive ketones (excluding diaryl/α,β-unsaturated/α-hetero) is 1. The summed E-state index contributed by atoms with van der Waals surface area (Å²) in [4.78, 5) is 16.3. The fourth-order valence-electron chi connectivity index (χ4n) is 2.78. The fourth-order valence-corrected chi connectivity index (χ4v) is 2.78. The highest BCUT2D eigenvalue weighted by molar-refractivity contribution is 5.95. The van der Waals surface area contributed by atoms with Crippen LogP contribution in [0.1, 0.15) is 48.3 Å². The van der Waals surface area contributed by atoms with Crippen LogP contribution < -0.4 is 4.74 Å². The molecule has 1 aromatic carbocycles. The van der Waals surface area contributed by atoms with E-state index in [1.807, 2.05) is 19.9 Å². The van der Waals surface area contributed by atoms with E-state index in [1.54, 1.807) is 36.5 Å². The number of benzene rings is 1. The summed E-state index contributed by atoms with van der Waals surface area (Å²) in [5.74, 6) is 0.288. The minimum atomic E-state index is -4.33. The van der Waals surface area contributed by atoms with Gasteiger partial charge in [0.05, 0.1) is 6.10 Å². The number of ether oxygens (including phenoxy) is 2. The Morgan fingerprint density at radius 3 is 2.31 bits per heavy atom. The molecule has 0 saturated carbocycles. The first-order chi connectivity index (χ1) is 13.8. The maximum absolute atomic E-state index is 12.4. The zero-order chi connectivity index (χ0) is 21.3. The van der Waals surface area contributed by atoms with Gasteiger partial charge in [-0.05, 0) is 48.6 Å². The molecule has 0 aliphatic rings. The van der Waals surface area contributed by atoms with Gasteiger partial charge in [-0.3, -0.25) is 9.78 Å². The monoisotopic (exact) mass is 409 g/mol. The molecule has 0 aliphatic carbocycles. The van der Waals surface area contributed by atoms with Crippen LogP contribution in [0.5, 0.6) is 5.75 Å². The van der Waals surface area contributed by atoms with E-state index < -0.39 is 18.9 Å². The van der Waals surface area contributed by atoms with E-state index >= 15 is 0 Å². The number of nitrogens with zero attached hydrogens (tertiary/aromatic N) is 1. The molecule has 4 nitrogen and oxygen atoms in total. The number of halogens is 3. The largest absolute Gasteiger partial charge is 0.485 e. The van der Waals surface area contributed by atoms with Gasteiger partial charge in [-0.15, -0.1) is 0 Å². The standard InChI is InChI=1S/C22H26F3NO3/c1-3-5-19(29-15-22(23,24)25)12-17-6-9-18(10-7-17)28-14-21(27)20-11-8-16(4-2)13-26-20/h6-11,13,19H,3-5,12,14-15H2,1-2H3. The van der Waals surface area contributed by atoms with Crippen molar-refractivity contribution in [2.75, 3.05) is 13.2 Å². The van der Waals surface area contributed by atoms with Gasteiger partial charge < -0.3 is 9.47 Å². The first kappa shape index (κ1) is 22.9. The maximum atomic E-state index is 12.4. The Morgan fingerprint density at radius 1 is 1.07 bits per heavy atom. The minimum Gasteiger partial charge on any atom is -0.485 e. The van der Waals surface area contributed by atoms with Gasteiger partial charge in [0, 0.05) is 6.20 Å². The molecule has 0 aliphatic heterocycles. The van der Waals surface area contributed by atoms with Crippen molar-refractivity contribution in [2.45, 2.75) is 51.8 Å². The Labute approximate surface area is 169 Å². The number of rotatable bonds is 11. The first-order valence-electron chi connectivity index (χ1n) is 9.69. The number of hydrogen-bond donors (Lipinski definition) is 0. The quantitative estimate of drug-likeness (QED) is 0.479. The van der Waals surface area contributed by atoms with Crippen LogP contribution in [0.15, 0.2) is 42.6 Å². The predicted octanol–water partition coefficient (Wildman–Crippen LogP) is 5.20. The van der Waals surface area contributed by atoms with Gasteiger partial charge in [-0.2, -0.15) is 13.2 Å². The molecule has 0 N–H and O–H groups in total. The van der Waals surface area contributed by atoms with Crippen LogP contribution >= 0.6 is 0 Å².